The highest BCUT2D eigenvalue weighted by Gasteiger charge is 2.15. The Kier molecular flexibility index (Phi) is 5.92. The predicted molar refractivity (Wildman–Crippen MR) is 94.6 cm³/mol. The molecular weight excluding hydrogens is 326 g/mol. The Morgan fingerprint density at radius 3 is 2.75 bits per heavy atom. The lowest BCUT2D eigenvalue weighted by Crippen LogP contribution is -2.26. The van der Waals surface area contributed by atoms with Crippen LogP contribution in [0.25, 0.3) is 0 Å². The highest BCUT2D eigenvalue weighted by molar-refractivity contribution is 7.09. The Morgan fingerprint density at radius 2 is 2.12 bits per heavy atom. The maximum Gasteiger partial charge on any atom is 0.322 e. The molecule has 0 spiro atoms. The van der Waals surface area contributed by atoms with Gasteiger partial charge >= 0.3 is 5.97 Å². The van der Waals surface area contributed by atoms with Crippen LogP contribution in [0.1, 0.15) is 40.8 Å². The van der Waals surface area contributed by atoms with E-state index in [4.69, 9.17) is 5.11 Å². The van der Waals surface area contributed by atoms with Crippen molar-refractivity contribution >= 4 is 28.9 Å². The van der Waals surface area contributed by atoms with E-state index in [9.17, 15) is 9.59 Å². The molecule has 128 valence electrons. The molecule has 0 unspecified atom stereocenters. The molecule has 0 bridgehead atoms. The van der Waals surface area contributed by atoms with Crippen molar-refractivity contribution < 1.29 is 14.7 Å². The monoisotopic (exact) mass is 347 g/mol. The number of benzene rings is 1. The van der Waals surface area contributed by atoms with Gasteiger partial charge in [0.25, 0.3) is 5.91 Å². The van der Waals surface area contributed by atoms with Crippen LogP contribution in [0, 0.1) is 0 Å². The van der Waals surface area contributed by atoms with Gasteiger partial charge in [-0.15, -0.1) is 11.3 Å². The number of carbonyl (C=O) groups excluding carboxylic acids is 1. The molecule has 2 N–H and O–H groups in total. The van der Waals surface area contributed by atoms with Crippen molar-refractivity contribution in [2.24, 2.45) is 0 Å². The van der Waals surface area contributed by atoms with Crippen molar-refractivity contribution in [2.45, 2.75) is 26.3 Å². The van der Waals surface area contributed by atoms with Crippen molar-refractivity contribution in [1.82, 2.24) is 9.88 Å². The summed E-state index contributed by atoms with van der Waals surface area (Å²) in [6, 6.07) is 6.83. The average Bonchev–Trinajstić information content (AvgIpc) is 3.01. The predicted octanol–water partition coefficient (Wildman–Crippen LogP) is 3.04. The van der Waals surface area contributed by atoms with E-state index in [2.05, 4.69) is 24.1 Å². The molecule has 1 heterocycles. The lowest BCUT2D eigenvalue weighted by atomic mass is 10.1. The molecule has 7 heteroatoms. The molecular formula is C17H21N3O3S. The van der Waals surface area contributed by atoms with E-state index >= 15 is 0 Å². The van der Waals surface area contributed by atoms with Crippen LogP contribution >= 0.6 is 11.3 Å². The summed E-state index contributed by atoms with van der Waals surface area (Å²) < 4.78 is 0. The fourth-order valence-electron chi connectivity index (χ4n) is 2.14. The zero-order chi connectivity index (χ0) is 17.7. The first-order valence-corrected chi connectivity index (χ1v) is 8.50. The molecule has 0 aliphatic carbocycles. The van der Waals surface area contributed by atoms with E-state index in [-0.39, 0.29) is 12.5 Å². The molecule has 0 saturated carbocycles. The van der Waals surface area contributed by atoms with E-state index in [0.29, 0.717) is 23.7 Å². The van der Waals surface area contributed by atoms with E-state index in [1.165, 1.54) is 0 Å². The zero-order valence-corrected chi connectivity index (χ0v) is 14.8. The number of hydrogen-bond acceptors (Lipinski definition) is 5. The molecule has 0 radical (unpaired) electrons. The van der Waals surface area contributed by atoms with Gasteiger partial charge in [0.2, 0.25) is 0 Å². The van der Waals surface area contributed by atoms with Gasteiger partial charge in [0.15, 0.2) is 0 Å². The second-order valence-corrected chi connectivity index (χ2v) is 6.71. The highest BCUT2D eigenvalue weighted by Crippen LogP contribution is 2.20. The van der Waals surface area contributed by atoms with Gasteiger partial charge in [0, 0.05) is 29.6 Å². The fraction of sp³-hybridized carbons (Fsp3) is 0.353. The highest BCUT2D eigenvalue weighted by atomic mass is 32.1. The molecule has 1 aromatic heterocycles. The Morgan fingerprint density at radius 1 is 1.38 bits per heavy atom. The summed E-state index contributed by atoms with van der Waals surface area (Å²) in [5, 5.41) is 14.5. The number of nitrogens with one attached hydrogen (secondary N) is 1. The maximum absolute atomic E-state index is 12.5. The summed E-state index contributed by atoms with van der Waals surface area (Å²) in [4.78, 5) is 29.3. The number of carboxylic acid groups (broad SMARTS) is 1. The molecule has 0 saturated heterocycles. The molecule has 0 aliphatic heterocycles. The number of carbonyl (C=O) groups is 2. The van der Waals surface area contributed by atoms with Crippen molar-refractivity contribution in [1.29, 1.82) is 0 Å². The number of carboxylic acids is 1. The zero-order valence-electron chi connectivity index (χ0n) is 13.9. The summed E-state index contributed by atoms with van der Waals surface area (Å²) >= 11 is 1.60. The first-order chi connectivity index (χ1) is 11.4. The third-order valence-corrected chi connectivity index (χ3v) is 4.56. The van der Waals surface area contributed by atoms with Crippen LogP contribution < -0.4 is 5.32 Å². The standard InChI is InChI=1S/C17H21N3O3S/c1-11(2)16-19-14(10-24-16)9-20(3)17(23)12-5-4-6-13(7-12)18-8-15(21)22/h4-7,10-11,18H,8-9H2,1-3H3,(H,21,22). The summed E-state index contributed by atoms with van der Waals surface area (Å²) in [6.45, 7) is 4.43. The van der Waals surface area contributed by atoms with Gasteiger partial charge in [-0.1, -0.05) is 19.9 Å². The number of amides is 1. The van der Waals surface area contributed by atoms with Crippen LogP contribution in [-0.2, 0) is 11.3 Å². The number of rotatable bonds is 7. The minimum absolute atomic E-state index is 0.131. The summed E-state index contributed by atoms with van der Waals surface area (Å²) in [5.74, 6) is -0.705. The minimum Gasteiger partial charge on any atom is -0.480 e. The van der Waals surface area contributed by atoms with Crippen LogP contribution in [-0.4, -0.2) is 40.5 Å². The second kappa shape index (κ2) is 7.92. The van der Waals surface area contributed by atoms with Gasteiger partial charge in [-0.25, -0.2) is 4.98 Å². The Bertz CT molecular complexity index is 727. The first kappa shape index (κ1) is 17.9. The van der Waals surface area contributed by atoms with Crippen LogP contribution in [0.2, 0.25) is 0 Å². The van der Waals surface area contributed by atoms with Gasteiger partial charge in [-0.05, 0) is 18.2 Å². The quantitative estimate of drug-likeness (QED) is 0.804. The minimum atomic E-state index is -0.951. The topological polar surface area (TPSA) is 82.5 Å². The smallest absolute Gasteiger partial charge is 0.322 e. The SMILES string of the molecule is CC(C)c1nc(CN(C)C(=O)c2cccc(NCC(=O)O)c2)cs1. The second-order valence-electron chi connectivity index (χ2n) is 5.82. The molecule has 1 amide bonds. The number of aromatic nitrogens is 1. The van der Waals surface area contributed by atoms with Gasteiger partial charge in [0.05, 0.1) is 17.2 Å². The van der Waals surface area contributed by atoms with E-state index < -0.39 is 5.97 Å². The lowest BCUT2D eigenvalue weighted by molar-refractivity contribution is -0.134. The van der Waals surface area contributed by atoms with Gasteiger partial charge in [-0.3, -0.25) is 9.59 Å². The normalized spacial score (nSPS) is 10.7. The lowest BCUT2D eigenvalue weighted by Gasteiger charge is -2.16. The molecule has 24 heavy (non-hydrogen) atoms. The summed E-state index contributed by atoms with van der Waals surface area (Å²) in [6.07, 6.45) is 0. The Labute approximate surface area is 145 Å². The average molecular weight is 347 g/mol. The molecule has 0 atom stereocenters. The van der Waals surface area contributed by atoms with Crippen LogP contribution in [0.15, 0.2) is 29.6 Å². The van der Waals surface area contributed by atoms with E-state index in [1.807, 2.05) is 5.38 Å². The molecule has 6 nitrogen and oxygen atoms in total. The molecule has 2 rings (SSSR count). The Balaban J connectivity index is 2.04. The van der Waals surface area contributed by atoms with Crippen molar-refractivity contribution in [3.05, 3.63) is 45.9 Å². The van der Waals surface area contributed by atoms with Crippen molar-refractivity contribution in [2.75, 3.05) is 18.9 Å². The van der Waals surface area contributed by atoms with E-state index in [0.717, 1.165) is 10.7 Å². The number of nitrogens with zero attached hydrogens (tertiary/aromatic N) is 2. The molecule has 0 aliphatic rings. The fourth-order valence-corrected chi connectivity index (χ4v) is 2.96. The van der Waals surface area contributed by atoms with Crippen LogP contribution in [0.4, 0.5) is 5.69 Å². The van der Waals surface area contributed by atoms with Gasteiger partial charge < -0.3 is 15.3 Å². The largest absolute Gasteiger partial charge is 0.480 e. The number of thiazole rings is 1. The van der Waals surface area contributed by atoms with Crippen molar-refractivity contribution in [3.8, 4) is 0 Å². The molecule has 1 aromatic carbocycles. The third-order valence-electron chi connectivity index (χ3n) is 3.36. The number of aliphatic carboxylic acids is 1. The van der Waals surface area contributed by atoms with Crippen LogP contribution in [0.5, 0.6) is 0 Å². The first-order valence-electron chi connectivity index (χ1n) is 7.62. The van der Waals surface area contributed by atoms with Gasteiger partial charge in [-0.2, -0.15) is 0 Å². The van der Waals surface area contributed by atoms with Crippen molar-refractivity contribution in [3.63, 3.8) is 0 Å². The van der Waals surface area contributed by atoms with E-state index in [1.54, 1.807) is 47.5 Å². The van der Waals surface area contributed by atoms with Gasteiger partial charge in [0.1, 0.15) is 6.54 Å². The third kappa shape index (κ3) is 4.79. The van der Waals surface area contributed by atoms with Crippen LogP contribution in [0.3, 0.4) is 0 Å². The molecule has 0 fully saturated rings. The number of anilines is 1. The molecule has 2 aromatic rings. The number of hydrogen-bond donors (Lipinski definition) is 2. The summed E-state index contributed by atoms with van der Waals surface area (Å²) in [5.41, 5.74) is 1.99. The summed E-state index contributed by atoms with van der Waals surface area (Å²) in [7, 11) is 1.73. The maximum atomic E-state index is 12.5. The Hall–Kier alpha value is -2.41.